The summed E-state index contributed by atoms with van der Waals surface area (Å²) in [6.07, 6.45) is -8.36. The predicted molar refractivity (Wildman–Crippen MR) is 111 cm³/mol. The van der Waals surface area contributed by atoms with E-state index in [9.17, 15) is 18.3 Å². The molecule has 170 valence electrons. The van der Waals surface area contributed by atoms with Gasteiger partial charge < -0.3 is 20.5 Å². The van der Waals surface area contributed by atoms with Crippen LogP contribution >= 0.6 is 0 Å². The summed E-state index contributed by atoms with van der Waals surface area (Å²) in [6, 6.07) is -1.35. The van der Waals surface area contributed by atoms with E-state index in [0.717, 1.165) is 0 Å². The topological polar surface area (TPSA) is 97.1 Å². The number of anilines is 3. The number of nitrogens with one attached hydrogen (secondary N) is 2. The summed E-state index contributed by atoms with van der Waals surface area (Å²) in [5.74, 6) is -3.67. The van der Waals surface area contributed by atoms with Gasteiger partial charge in [-0.15, -0.1) is 0 Å². The van der Waals surface area contributed by atoms with Crippen LogP contribution in [-0.4, -0.2) is 49.9 Å². The van der Waals surface area contributed by atoms with Crippen molar-refractivity contribution in [3.8, 4) is 0 Å². The monoisotopic (exact) mass is 454 g/mol. The summed E-state index contributed by atoms with van der Waals surface area (Å²) >= 11 is 0. The quantitative estimate of drug-likeness (QED) is 0.541. The van der Waals surface area contributed by atoms with Crippen molar-refractivity contribution in [3.05, 3.63) is 35.8 Å². The lowest BCUT2D eigenvalue weighted by Crippen LogP contribution is -2.29. The van der Waals surface area contributed by atoms with E-state index in [4.69, 9.17) is 13.0 Å². The highest BCUT2D eigenvalue weighted by molar-refractivity contribution is 5.76. The maximum Gasteiger partial charge on any atom is 0.224 e. The van der Waals surface area contributed by atoms with Crippen molar-refractivity contribution in [1.29, 1.82) is 0 Å². The van der Waals surface area contributed by atoms with Crippen LogP contribution in [0.2, 0.25) is 0 Å². The van der Waals surface area contributed by atoms with Gasteiger partial charge in [0.2, 0.25) is 11.9 Å². The van der Waals surface area contributed by atoms with Crippen molar-refractivity contribution in [2.75, 3.05) is 23.8 Å². The third-order valence-corrected chi connectivity index (χ3v) is 5.17. The van der Waals surface area contributed by atoms with Gasteiger partial charge in [-0.3, -0.25) is 4.57 Å². The molecule has 11 heteroatoms. The number of aromatic nitrogens is 4. The molecule has 1 saturated heterocycles. The van der Waals surface area contributed by atoms with Gasteiger partial charge in [-0.2, -0.15) is 4.98 Å². The highest BCUT2D eigenvalue weighted by Gasteiger charge is 2.27. The van der Waals surface area contributed by atoms with Crippen LogP contribution in [0.5, 0.6) is 0 Å². The Balaban J connectivity index is 1.54. The molecule has 2 aliphatic rings. The first-order chi connectivity index (χ1) is 17.6. The zero-order chi connectivity index (χ0) is 27.7. The van der Waals surface area contributed by atoms with E-state index in [2.05, 4.69) is 25.6 Å². The van der Waals surface area contributed by atoms with Gasteiger partial charge in [-0.1, -0.05) is 0 Å². The van der Waals surface area contributed by atoms with Gasteiger partial charge in [0.05, 0.1) is 27.7 Å². The van der Waals surface area contributed by atoms with Gasteiger partial charge >= 0.3 is 0 Å². The van der Waals surface area contributed by atoms with E-state index in [1.165, 1.54) is 10.8 Å². The summed E-state index contributed by atoms with van der Waals surface area (Å²) in [7, 11) is 0. The number of rotatable bonds is 5. The Morgan fingerprint density at radius 3 is 2.59 bits per heavy atom. The van der Waals surface area contributed by atoms with E-state index < -0.39 is 60.8 Å². The molecule has 1 aliphatic carbocycles. The average Bonchev–Trinajstić information content (AvgIpc) is 3.41. The fourth-order valence-corrected chi connectivity index (χ4v) is 3.64. The Bertz CT molecular complexity index is 1360. The number of imidazole rings is 1. The molecule has 0 amide bonds. The Morgan fingerprint density at radius 2 is 1.91 bits per heavy atom. The van der Waals surface area contributed by atoms with Gasteiger partial charge in [-0.25, -0.2) is 23.1 Å². The maximum atomic E-state index is 14.4. The summed E-state index contributed by atoms with van der Waals surface area (Å²) in [4.78, 5) is 12.8. The number of ether oxygens (including phenoxy) is 1. The summed E-state index contributed by atoms with van der Waals surface area (Å²) in [6.45, 7) is 0.626. The molecule has 0 radical (unpaired) electrons. The van der Waals surface area contributed by atoms with Crippen LogP contribution in [0, 0.1) is 17.5 Å². The highest BCUT2D eigenvalue weighted by atomic mass is 19.1. The lowest BCUT2D eigenvalue weighted by molar-refractivity contribution is 0.126. The number of hydrogen-bond donors (Lipinski definition) is 3. The molecule has 2 fully saturated rings. The van der Waals surface area contributed by atoms with Crippen molar-refractivity contribution < 1.29 is 31.2 Å². The zero-order valence-corrected chi connectivity index (χ0v) is 16.6. The number of benzene rings is 1. The van der Waals surface area contributed by atoms with Gasteiger partial charge in [0, 0.05) is 30.2 Å². The Kier molecular flexibility index (Phi) is 4.01. The lowest BCUT2D eigenvalue weighted by atomic mass is 9.93. The Morgan fingerprint density at radius 1 is 1.16 bits per heavy atom. The summed E-state index contributed by atoms with van der Waals surface area (Å²) in [5, 5.41) is 15.3. The second-order valence-corrected chi connectivity index (χ2v) is 7.38. The van der Waals surface area contributed by atoms with Gasteiger partial charge in [0.15, 0.2) is 17.3 Å². The smallest absolute Gasteiger partial charge is 0.224 e. The Hall–Kier alpha value is -2.92. The first-order valence-corrected chi connectivity index (χ1v) is 9.87. The van der Waals surface area contributed by atoms with Gasteiger partial charge in [0.1, 0.15) is 17.0 Å². The largest absolute Gasteiger partial charge is 0.393 e. The minimum Gasteiger partial charge on any atom is -0.393 e. The minimum absolute atomic E-state index is 0.0310. The third kappa shape index (κ3) is 4.09. The number of aliphatic hydroxyl groups is 1. The predicted octanol–water partition coefficient (Wildman–Crippen LogP) is 3.66. The molecule has 1 unspecified atom stereocenters. The molecule has 1 aliphatic heterocycles. The van der Waals surface area contributed by atoms with E-state index in [1.807, 2.05) is 0 Å². The Labute approximate surface area is 190 Å². The van der Waals surface area contributed by atoms with Crippen molar-refractivity contribution in [1.82, 2.24) is 19.5 Å². The standard InChI is InChI=1S/C21H23F3N6O2/c22-11-7-15(23)18(16(24)8-11)28-21-27-17-9-25-20(26-12-1-3-14(31)4-2-12)29-19(17)30(21)13-5-6-32-10-13/h7-9,12-14,31H,1-6,10H2,(H,27,28)(H,25,26,29)/i3D2,4D2,12D,14D. The van der Waals surface area contributed by atoms with Gasteiger partial charge in [0.25, 0.3) is 0 Å². The van der Waals surface area contributed by atoms with E-state index >= 15 is 0 Å². The van der Waals surface area contributed by atoms with Crippen LogP contribution in [0.3, 0.4) is 0 Å². The normalized spacial score (nSPS) is 34.1. The SMILES string of the molecule is [2H]C1(Nc2ncc3nc(Nc4c(F)cc(F)cc4F)n(C4CCOC4)c3n2)CC([2H])([2H])C([2H])(O)C([2H])([2H])C1. The molecule has 2 aromatic heterocycles. The number of hydrogen-bond acceptors (Lipinski definition) is 7. The van der Waals surface area contributed by atoms with Crippen LogP contribution in [0.25, 0.3) is 11.2 Å². The molecule has 32 heavy (non-hydrogen) atoms. The molecular formula is C21H23F3N6O2. The van der Waals surface area contributed by atoms with E-state index in [-0.39, 0.29) is 35.7 Å². The van der Waals surface area contributed by atoms with Crippen molar-refractivity contribution in [3.63, 3.8) is 0 Å². The first kappa shape index (κ1) is 15.0. The molecule has 3 N–H and O–H groups in total. The lowest BCUT2D eigenvalue weighted by Gasteiger charge is -2.26. The zero-order valence-electron chi connectivity index (χ0n) is 22.6. The molecule has 8 nitrogen and oxygen atoms in total. The second-order valence-electron chi connectivity index (χ2n) is 7.38. The van der Waals surface area contributed by atoms with E-state index in [0.29, 0.717) is 25.2 Å². The third-order valence-electron chi connectivity index (χ3n) is 5.17. The molecule has 3 aromatic rings. The minimum atomic E-state index is -3.08. The number of fused-ring (bicyclic) bond motifs is 1. The molecule has 5 rings (SSSR count). The van der Waals surface area contributed by atoms with Crippen molar-refractivity contribution >= 4 is 28.7 Å². The fraction of sp³-hybridized carbons (Fsp3) is 0.476. The summed E-state index contributed by atoms with van der Waals surface area (Å²) < 4.78 is 97.6. The molecule has 0 bridgehead atoms. The average molecular weight is 454 g/mol. The van der Waals surface area contributed by atoms with E-state index in [1.54, 1.807) is 0 Å². The van der Waals surface area contributed by atoms with Crippen LogP contribution in [0.1, 0.15) is 46.3 Å². The van der Waals surface area contributed by atoms with Crippen LogP contribution in [0.15, 0.2) is 18.3 Å². The van der Waals surface area contributed by atoms with Gasteiger partial charge in [-0.05, 0) is 32.0 Å². The highest BCUT2D eigenvalue weighted by Crippen LogP contribution is 2.32. The maximum absolute atomic E-state index is 14.4. The van der Waals surface area contributed by atoms with Crippen molar-refractivity contribution in [2.24, 2.45) is 0 Å². The molecule has 0 spiro atoms. The summed E-state index contributed by atoms with van der Waals surface area (Å²) in [5.41, 5.74) is -0.263. The number of halogens is 3. The molecule has 1 saturated carbocycles. The number of nitrogens with zero attached hydrogens (tertiary/aromatic N) is 4. The van der Waals surface area contributed by atoms with Crippen LogP contribution in [-0.2, 0) is 4.74 Å². The molecule has 3 heterocycles. The second kappa shape index (κ2) is 8.55. The molecule has 1 atom stereocenters. The first-order valence-electron chi connectivity index (χ1n) is 12.9. The fourth-order valence-electron chi connectivity index (χ4n) is 3.64. The van der Waals surface area contributed by atoms with Crippen molar-refractivity contribution in [2.45, 2.75) is 50.1 Å². The molecule has 1 aromatic carbocycles. The van der Waals surface area contributed by atoms with Crippen LogP contribution in [0.4, 0.5) is 30.8 Å². The molecular weight excluding hydrogens is 425 g/mol. The van der Waals surface area contributed by atoms with Crippen LogP contribution < -0.4 is 10.6 Å².